The summed E-state index contributed by atoms with van der Waals surface area (Å²) in [6, 6.07) is 0. The van der Waals surface area contributed by atoms with E-state index in [1.54, 1.807) is 0 Å². The molecule has 16 unspecified atom stereocenters. The topological polar surface area (TPSA) is 233 Å². The third kappa shape index (κ3) is 7.27. The highest BCUT2D eigenvalue weighted by molar-refractivity contribution is 5.89. The number of carbonyl (C=O) groups excluding carboxylic acids is 2. The molecule has 6 rings (SSSR count). The molecule has 0 bridgehead atoms. The summed E-state index contributed by atoms with van der Waals surface area (Å²) in [6.45, 7) is 12.5. The fourth-order valence-corrected chi connectivity index (χ4v) is 10.7. The van der Waals surface area contributed by atoms with E-state index in [0.717, 1.165) is 12.0 Å². The first-order chi connectivity index (χ1) is 25.6. The lowest BCUT2D eigenvalue weighted by Gasteiger charge is -2.50. The summed E-state index contributed by atoms with van der Waals surface area (Å²) in [4.78, 5) is 27.8. The Morgan fingerprint density at radius 3 is 2.29 bits per heavy atom. The van der Waals surface area contributed by atoms with Gasteiger partial charge in [-0.1, -0.05) is 58.4 Å². The number of allylic oxidation sites excluding steroid dienone is 5. The summed E-state index contributed by atoms with van der Waals surface area (Å²) in [5.41, 5.74) is 0.628. The molecule has 1 saturated carbocycles. The molecule has 4 aliphatic carbocycles. The van der Waals surface area contributed by atoms with Crippen LogP contribution in [0.25, 0.3) is 0 Å². The summed E-state index contributed by atoms with van der Waals surface area (Å²) in [5, 5.41) is 82.3. The highest BCUT2D eigenvalue weighted by Crippen LogP contribution is 2.67. The summed E-state index contributed by atoms with van der Waals surface area (Å²) in [6.07, 6.45) is -5.13. The van der Waals surface area contributed by atoms with Gasteiger partial charge in [-0.15, -0.1) is 0 Å². The van der Waals surface area contributed by atoms with E-state index in [1.165, 1.54) is 25.0 Å². The van der Waals surface area contributed by atoms with Gasteiger partial charge < -0.3 is 59.8 Å². The number of fused-ring (bicyclic) bond motifs is 4. The lowest BCUT2D eigenvalue weighted by Crippen LogP contribution is -2.61. The summed E-state index contributed by atoms with van der Waals surface area (Å²) >= 11 is 0. The van der Waals surface area contributed by atoms with Gasteiger partial charge in [-0.3, -0.25) is 9.59 Å². The van der Waals surface area contributed by atoms with E-state index in [0.29, 0.717) is 25.7 Å². The van der Waals surface area contributed by atoms with E-state index in [4.69, 9.17) is 18.9 Å². The molecule has 3 fully saturated rings. The molecule has 55 heavy (non-hydrogen) atoms. The predicted octanol–water partition coefficient (Wildman–Crippen LogP) is 0.986. The molecule has 2 saturated heterocycles. The Morgan fingerprint density at radius 2 is 1.62 bits per heavy atom. The van der Waals surface area contributed by atoms with Crippen molar-refractivity contribution < 1.29 is 69.4 Å². The SMILES string of the molecule is CC(CC(=O)C(O)C(C)(C)OC1OC(CO)C(O)C(O)C1O)C1C(=O)CC2(C)C3=CCC4C(=CCC(OC5OCC(O)C(O)C5O)C4(C)C)CC3=CCC12C. The first-order valence-corrected chi connectivity index (χ1v) is 19.7. The van der Waals surface area contributed by atoms with Gasteiger partial charge in [-0.25, -0.2) is 0 Å². The lowest BCUT2D eigenvalue weighted by molar-refractivity contribution is -0.329. The molecular formula is C41H62O14. The molecule has 16 atom stereocenters. The Hall–Kier alpha value is -1.92. The van der Waals surface area contributed by atoms with Crippen LogP contribution < -0.4 is 0 Å². The van der Waals surface area contributed by atoms with Gasteiger partial charge in [0.05, 0.1) is 24.9 Å². The molecule has 14 heteroatoms. The normalized spacial score (nSPS) is 44.2. The third-order valence-electron chi connectivity index (χ3n) is 14.3. The molecule has 2 aliphatic heterocycles. The minimum absolute atomic E-state index is 0.0696. The van der Waals surface area contributed by atoms with E-state index in [2.05, 4.69) is 45.9 Å². The van der Waals surface area contributed by atoms with Gasteiger partial charge >= 0.3 is 0 Å². The second kappa shape index (κ2) is 15.4. The van der Waals surface area contributed by atoms with Crippen LogP contribution in [0.3, 0.4) is 0 Å². The zero-order chi connectivity index (χ0) is 40.6. The monoisotopic (exact) mass is 778 g/mol. The molecular weight excluding hydrogens is 716 g/mol. The third-order valence-corrected chi connectivity index (χ3v) is 14.3. The maximum Gasteiger partial charge on any atom is 0.187 e. The van der Waals surface area contributed by atoms with Crippen molar-refractivity contribution in [1.82, 2.24) is 0 Å². The first kappa shape index (κ1) is 42.7. The number of ether oxygens (including phenoxy) is 4. The highest BCUT2D eigenvalue weighted by atomic mass is 16.7. The van der Waals surface area contributed by atoms with Crippen LogP contribution in [0.2, 0.25) is 0 Å². The zero-order valence-corrected chi connectivity index (χ0v) is 33.0. The second-order valence-corrected chi connectivity index (χ2v) is 18.6. The molecule has 6 aliphatic rings. The van der Waals surface area contributed by atoms with Crippen molar-refractivity contribution in [1.29, 1.82) is 0 Å². The maximum absolute atomic E-state index is 14.1. The van der Waals surface area contributed by atoms with Crippen LogP contribution in [0.4, 0.5) is 0 Å². The van der Waals surface area contributed by atoms with Gasteiger partial charge in [0.1, 0.15) is 54.6 Å². The molecule has 310 valence electrons. The largest absolute Gasteiger partial charge is 0.394 e. The van der Waals surface area contributed by atoms with E-state index in [9.17, 15) is 50.4 Å². The van der Waals surface area contributed by atoms with E-state index in [1.807, 2.05) is 6.92 Å². The molecule has 8 N–H and O–H groups in total. The minimum Gasteiger partial charge on any atom is -0.394 e. The van der Waals surface area contributed by atoms with Crippen LogP contribution >= 0.6 is 0 Å². The average molecular weight is 779 g/mol. The standard InChI is InChI=1S/C41H62O14/c1-19(14-24(43)35(51)39(4,5)55-37-34(50)32(48)31(47)27(17-42)53-37)29-25(44)16-41(7)23-10-9-22-20(15-21(23)12-13-40(29,41)6)8-11-28(38(22,2)3)54-36-33(49)30(46)26(45)18-52-36/h8,10,12,19,22,26-37,42,45-51H,9,11,13-18H2,1-7H3. The summed E-state index contributed by atoms with van der Waals surface area (Å²) in [7, 11) is 0. The van der Waals surface area contributed by atoms with Gasteiger partial charge in [0, 0.05) is 24.2 Å². The first-order valence-electron chi connectivity index (χ1n) is 19.7. The van der Waals surface area contributed by atoms with Crippen molar-refractivity contribution in [2.45, 2.75) is 160 Å². The summed E-state index contributed by atoms with van der Waals surface area (Å²) < 4.78 is 23.1. The molecule has 0 amide bonds. The van der Waals surface area contributed by atoms with Crippen LogP contribution in [0.15, 0.2) is 34.9 Å². The Bertz CT molecular complexity index is 1570. The van der Waals surface area contributed by atoms with Gasteiger partial charge in [-0.05, 0) is 73.3 Å². The number of carbonyl (C=O) groups is 2. The van der Waals surface area contributed by atoms with Crippen molar-refractivity contribution in [3.63, 3.8) is 0 Å². The quantitative estimate of drug-likeness (QED) is 0.145. The number of rotatable bonds is 10. The van der Waals surface area contributed by atoms with Gasteiger partial charge in [-0.2, -0.15) is 0 Å². The van der Waals surface area contributed by atoms with Crippen LogP contribution in [-0.4, -0.2) is 139 Å². The molecule has 0 radical (unpaired) electrons. The van der Waals surface area contributed by atoms with Gasteiger partial charge in [0.2, 0.25) is 0 Å². The number of hydrogen-bond donors (Lipinski definition) is 8. The van der Waals surface area contributed by atoms with Crippen molar-refractivity contribution in [3.8, 4) is 0 Å². The Labute approximate surface area is 322 Å². The van der Waals surface area contributed by atoms with E-state index < -0.39 is 102 Å². The molecule has 14 nitrogen and oxygen atoms in total. The maximum atomic E-state index is 14.1. The Kier molecular flexibility index (Phi) is 11.9. The minimum atomic E-state index is -1.70. The van der Waals surface area contributed by atoms with Crippen LogP contribution in [0, 0.1) is 34.0 Å². The van der Waals surface area contributed by atoms with Crippen LogP contribution in [-0.2, 0) is 28.5 Å². The molecule has 0 spiro atoms. The van der Waals surface area contributed by atoms with E-state index in [-0.39, 0.29) is 36.2 Å². The molecule has 0 aromatic carbocycles. The van der Waals surface area contributed by atoms with Crippen LogP contribution in [0.1, 0.15) is 87.0 Å². The molecule has 0 aromatic heterocycles. The fourth-order valence-electron chi connectivity index (χ4n) is 10.7. The Morgan fingerprint density at radius 1 is 0.945 bits per heavy atom. The Balaban J connectivity index is 1.16. The smallest absolute Gasteiger partial charge is 0.187 e. The number of aliphatic hydroxyl groups excluding tert-OH is 8. The fraction of sp³-hybridized carbons (Fsp3) is 0.805. The average Bonchev–Trinajstić information content (AvgIpc) is 3.21. The number of aliphatic hydroxyl groups is 8. The number of Topliss-reactive ketones (excluding diaryl/α,β-unsaturated/α-hetero) is 2. The van der Waals surface area contributed by atoms with Crippen molar-refractivity contribution in [3.05, 3.63) is 34.9 Å². The van der Waals surface area contributed by atoms with E-state index >= 15 is 0 Å². The summed E-state index contributed by atoms with van der Waals surface area (Å²) in [5.74, 6) is -1.29. The van der Waals surface area contributed by atoms with Crippen molar-refractivity contribution in [2.24, 2.45) is 34.0 Å². The molecule has 0 aromatic rings. The van der Waals surface area contributed by atoms with Crippen LogP contribution in [0.5, 0.6) is 0 Å². The number of ketones is 2. The zero-order valence-electron chi connectivity index (χ0n) is 33.0. The van der Waals surface area contributed by atoms with Crippen molar-refractivity contribution in [2.75, 3.05) is 13.2 Å². The van der Waals surface area contributed by atoms with Gasteiger partial charge in [0.25, 0.3) is 0 Å². The van der Waals surface area contributed by atoms with Gasteiger partial charge in [0.15, 0.2) is 18.4 Å². The van der Waals surface area contributed by atoms with Crippen molar-refractivity contribution >= 4 is 11.6 Å². The molecule has 2 heterocycles. The number of hydrogen-bond acceptors (Lipinski definition) is 14. The second-order valence-electron chi connectivity index (χ2n) is 18.6. The predicted molar refractivity (Wildman–Crippen MR) is 196 cm³/mol. The highest BCUT2D eigenvalue weighted by Gasteiger charge is 2.63. The lowest BCUT2D eigenvalue weighted by atomic mass is 9.53.